The minimum atomic E-state index is -3.66. The first-order chi connectivity index (χ1) is 10.3. The van der Waals surface area contributed by atoms with Crippen LogP contribution in [0.2, 0.25) is 0 Å². The second kappa shape index (κ2) is 6.35. The molecule has 4 N–H and O–H groups in total. The maximum Gasteiger partial charge on any atom is 0.243 e. The van der Waals surface area contributed by atoms with Crippen molar-refractivity contribution in [2.75, 3.05) is 6.54 Å². The van der Waals surface area contributed by atoms with Gasteiger partial charge in [-0.1, -0.05) is 15.9 Å². The molecule has 1 aliphatic rings. The number of nitrogens with two attached hydrogens (primary N) is 1. The first-order valence-electron chi connectivity index (χ1n) is 6.61. The molecule has 7 nitrogen and oxygen atoms in total. The van der Waals surface area contributed by atoms with Gasteiger partial charge in [-0.3, -0.25) is 9.59 Å². The summed E-state index contributed by atoms with van der Waals surface area (Å²) in [7, 11) is -3.66. The SMILES string of the molecule is NC(=O)C1(NC(=O)CCNS(=O)(=O)c2ccc(Br)cc2)CC1. The number of sulfonamides is 1. The molecule has 9 heteroatoms. The van der Waals surface area contributed by atoms with Crippen LogP contribution < -0.4 is 15.8 Å². The Morgan fingerprint density at radius 3 is 2.32 bits per heavy atom. The predicted octanol–water partition coefficient (Wildman–Crippen LogP) is 0.252. The van der Waals surface area contributed by atoms with E-state index in [1.54, 1.807) is 12.1 Å². The van der Waals surface area contributed by atoms with Gasteiger partial charge >= 0.3 is 0 Å². The van der Waals surface area contributed by atoms with E-state index >= 15 is 0 Å². The molecule has 0 saturated heterocycles. The standard InChI is InChI=1S/C13H16BrN3O4S/c14-9-1-3-10(4-2-9)22(20,21)16-8-5-11(18)17-13(6-7-13)12(15)19/h1-4,16H,5-8H2,(H2,15,19)(H,17,18). The number of carbonyl (C=O) groups excluding carboxylic acids is 2. The van der Waals surface area contributed by atoms with E-state index in [2.05, 4.69) is 26.0 Å². The van der Waals surface area contributed by atoms with Gasteiger partial charge in [-0.05, 0) is 37.1 Å². The molecule has 0 radical (unpaired) electrons. The largest absolute Gasteiger partial charge is 0.368 e. The van der Waals surface area contributed by atoms with Gasteiger partial charge in [0.05, 0.1) is 4.90 Å². The quantitative estimate of drug-likeness (QED) is 0.619. The molecule has 2 amide bonds. The third kappa shape index (κ3) is 4.05. The Kier molecular flexibility index (Phi) is 4.88. The highest BCUT2D eigenvalue weighted by molar-refractivity contribution is 9.10. The van der Waals surface area contributed by atoms with Crippen LogP contribution in [0, 0.1) is 0 Å². The lowest BCUT2D eigenvalue weighted by molar-refractivity contribution is -0.128. The van der Waals surface area contributed by atoms with Crippen LogP contribution in [0.25, 0.3) is 0 Å². The average Bonchev–Trinajstić information content (AvgIpc) is 3.20. The monoisotopic (exact) mass is 389 g/mol. The zero-order valence-electron chi connectivity index (χ0n) is 11.6. The van der Waals surface area contributed by atoms with Crippen molar-refractivity contribution in [2.45, 2.75) is 29.7 Å². The molecule has 2 rings (SSSR count). The summed E-state index contributed by atoms with van der Waals surface area (Å²) in [5.41, 5.74) is 4.27. The molecule has 0 bridgehead atoms. The van der Waals surface area contributed by atoms with Crippen LogP contribution in [-0.2, 0) is 19.6 Å². The zero-order valence-corrected chi connectivity index (χ0v) is 14.0. The first kappa shape index (κ1) is 16.9. The van der Waals surface area contributed by atoms with E-state index in [0.717, 1.165) is 4.47 Å². The van der Waals surface area contributed by atoms with Gasteiger partial charge in [-0.25, -0.2) is 13.1 Å². The van der Waals surface area contributed by atoms with Gasteiger partial charge in [-0.15, -0.1) is 0 Å². The van der Waals surface area contributed by atoms with Crippen molar-refractivity contribution >= 4 is 37.8 Å². The summed E-state index contributed by atoms with van der Waals surface area (Å²) in [5, 5.41) is 2.55. The maximum atomic E-state index is 12.0. The van der Waals surface area contributed by atoms with Gasteiger partial charge < -0.3 is 11.1 Å². The number of carbonyl (C=O) groups is 2. The van der Waals surface area contributed by atoms with Crippen molar-refractivity contribution in [1.82, 2.24) is 10.0 Å². The van der Waals surface area contributed by atoms with Gasteiger partial charge in [0.1, 0.15) is 5.54 Å². The molecule has 1 aliphatic carbocycles. The first-order valence-corrected chi connectivity index (χ1v) is 8.89. The van der Waals surface area contributed by atoms with E-state index < -0.39 is 27.4 Å². The lowest BCUT2D eigenvalue weighted by Crippen LogP contribution is -2.47. The average molecular weight is 390 g/mol. The van der Waals surface area contributed by atoms with Crippen molar-refractivity contribution in [1.29, 1.82) is 0 Å². The summed E-state index contributed by atoms with van der Waals surface area (Å²) in [6, 6.07) is 6.15. The van der Waals surface area contributed by atoms with Crippen molar-refractivity contribution < 1.29 is 18.0 Å². The fraction of sp³-hybridized carbons (Fsp3) is 0.385. The fourth-order valence-electron chi connectivity index (χ4n) is 1.88. The van der Waals surface area contributed by atoms with E-state index in [1.165, 1.54) is 12.1 Å². The van der Waals surface area contributed by atoms with Crippen LogP contribution in [0.5, 0.6) is 0 Å². The number of hydrogen-bond donors (Lipinski definition) is 3. The highest BCUT2D eigenvalue weighted by Crippen LogP contribution is 2.34. The number of benzene rings is 1. The van der Waals surface area contributed by atoms with E-state index in [4.69, 9.17) is 5.73 Å². The second-order valence-electron chi connectivity index (χ2n) is 5.10. The molecule has 1 aromatic rings. The van der Waals surface area contributed by atoms with E-state index in [0.29, 0.717) is 12.8 Å². The number of rotatable bonds is 7. The number of primary amides is 1. The molecule has 0 spiro atoms. The van der Waals surface area contributed by atoms with Gasteiger partial charge in [-0.2, -0.15) is 0 Å². The van der Waals surface area contributed by atoms with Crippen molar-refractivity contribution in [3.8, 4) is 0 Å². The molecular formula is C13H16BrN3O4S. The topological polar surface area (TPSA) is 118 Å². The lowest BCUT2D eigenvalue weighted by Gasteiger charge is -2.13. The smallest absolute Gasteiger partial charge is 0.243 e. The fourth-order valence-corrected chi connectivity index (χ4v) is 3.18. The minimum Gasteiger partial charge on any atom is -0.368 e. The molecule has 0 unspecified atom stereocenters. The minimum absolute atomic E-state index is 0.0565. The van der Waals surface area contributed by atoms with Crippen LogP contribution in [0.15, 0.2) is 33.6 Å². The summed E-state index contributed by atoms with van der Waals surface area (Å²) in [4.78, 5) is 23.0. The molecule has 120 valence electrons. The normalized spacial score (nSPS) is 16.0. The summed E-state index contributed by atoms with van der Waals surface area (Å²) in [5.74, 6) is -0.967. The molecule has 1 aromatic carbocycles. The molecule has 1 saturated carbocycles. The predicted molar refractivity (Wildman–Crippen MR) is 83.2 cm³/mol. The summed E-state index contributed by atoms with van der Waals surface area (Å²) < 4.78 is 27.1. The molecule has 22 heavy (non-hydrogen) atoms. The van der Waals surface area contributed by atoms with Crippen LogP contribution in [-0.4, -0.2) is 32.3 Å². The Labute approximate surface area is 136 Å². The number of amides is 2. The summed E-state index contributed by atoms with van der Waals surface area (Å²) >= 11 is 3.22. The molecule has 1 fully saturated rings. The van der Waals surface area contributed by atoms with E-state index in [9.17, 15) is 18.0 Å². The Bertz CT molecular complexity index is 684. The highest BCUT2D eigenvalue weighted by atomic mass is 79.9. The maximum absolute atomic E-state index is 12.0. The molecule has 0 heterocycles. The summed E-state index contributed by atoms with van der Waals surface area (Å²) in [6.45, 7) is -0.0565. The Balaban J connectivity index is 1.84. The van der Waals surface area contributed by atoms with Gasteiger partial charge in [0.2, 0.25) is 21.8 Å². The lowest BCUT2D eigenvalue weighted by atomic mass is 10.2. The zero-order chi connectivity index (χ0) is 16.4. The van der Waals surface area contributed by atoms with Crippen LogP contribution in [0.1, 0.15) is 19.3 Å². The third-order valence-electron chi connectivity index (χ3n) is 3.37. The Hall–Kier alpha value is -1.45. The van der Waals surface area contributed by atoms with Gasteiger partial charge in [0, 0.05) is 17.4 Å². The molecule has 0 aromatic heterocycles. The summed E-state index contributed by atoms with van der Waals surface area (Å²) in [6.07, 6.45) is 0.988. The number of nitrogens with one attached hydrogen (secondary N) is 2. The van der Waals surface area contributed by atoms with Crippen LogP contribution in [0.4, 0.5) is 0 Å². The molecule has 0 aliphatic heterocycles. The Morgan fingerprint density at radius 2 is 1.82 bits per heavy atom. The van der Waals surface area contributed by atoms with Crippen molar-refractivity contribution in [2.24, 2.45) is 5.73 Å². The number of halogens is 1. The van der Waals surface area contributed by atoms with Gasteiger partial charge in [0.25, 0.3) is 0 Å². The molecular weight excluding hydrogens is 374 g/mol. The van der Waals surface area contributed by atoms with Crippen LogP contribution in [0.3, 0.4) is 0 Å². The molecule has 0 atom stereocenters. The van der Waals surface area contributed by atoms with E-state index in [1.807, 2.05) is 0 Å². The van der Waals surface area contributed by atoms with Crippen molar-refractivity contribution in [3.63, 3.8) is 0 Å². The van der Waals surface area contributed by atoms with Crippen LogP contribution >= 0.6 is 15.9 Å². The highest BCUT2D eigenvalue weighted by Gasteiger charge is 2.49. The third-order valence-corrected chi connectivity index (χ3v) is 5.37. The van der Waals surface area contributed by atoms with E-state index in [-0.39, 0.29) is 17.9 Å². The second-order valence-corrected chi connectivity index (χ2v) is 7.78. The van der Waals surface area contributed by atoms with Gasteiger partial charge in [0.15, 0.2) is 0 Å². The number of hydrogen-bond acceptors (Lipinski definition) is 4. The van der Waals surface area contributed by atoms with Crippen molar-refractivity contribution in [3.05, 3.63) is 28.7 Å². The Morgan fingerprint density at radius 1 is 1.23 bits per heavy atom.